The smallest absolute Gasteiger partial charge is 0.462 e. The molecule has 0 heterocycles. The van der Waals surface area contributed by atoms with Gasteiger partial charge >= 0.3 is 39.5 Å². The highest BCUT2D eigenvalue weighted by atomic mass is 31.2. The molecule has 0 aliphatic heterocycles. The first kappa shape index (κ1) is 101. The Morgan fingerprint density at radius 2 is 0.491 bits per heavy atom. The second kappa shape index (κ2) is 77.8. The van der Waals surface area contributed by atoms with Crippen LogP contribution in [-0.2, 0) is 65.4 Å². The molecule has 5 unspecified atom stereocenters. The molecule has 0 aromatic heterocycles. The van der Waals surface area contributed by atoms with Gasteiger partial charge in [0.15, 0.2) is 12.2 Å². The average Bonchev–Trinajstić information content (AvgIpc) is 0.900. The number of esters is 4. The van der Waals surface area contributed by atoms with Crippen molar-refractivity contribution in [2.24, 2.45) is 0 Å². The summed E-state index contributed by atoms with van der Waals surface area (Å²) in [5, 5.41) is 10.7. The Hall–Kier alpha value is -5.32. The Morgan fingerprint density at radius 3 is 0.764 bits per heavy atom. The van der Waals surface area contributed by atoms with Gasteiger partial charge in [-0.1, -0.05) is 295 Å². The number of unbranched alkanes of at least 4 members (excludes halogenated alkanes) is 23. The summed E-state index contributed by atoms with van der Waals surface area (Å²) in [4.78, 5) is 73.1. The number of phosphoric acid groups is 2. The van der Waals surface area contributed by atoms with Crippen molar-refractivity contribution in [2.45, 2.75) is 329 Å². The van der Waals surface area contributed by atoms with Gasteiger partial charge in [-0.05, 0) is 148 Å². The van der Waals surface area contributed by atoms with Gasteiger partial charge in [-0.15, -0.1) is 0 Å². The van der Waals surface area contributed by atoms with Crippen molar-refractivity contribution in [3.8, 4) is 0 Å². The summed E-state index contributed by atoms with van der Waals surface area (Å²) < 4.78 is 68.6. The summed E-state index contributed by atoms with van der Waals surface area (Å²) in [6, 6.07) is 0. The lowest BCUT2D eigenvalue weighted by Gasteiger charge is -2.21. The Balaban J connectivity index is 5.44. The minimum absolute atomic E-state index is 0.0559. The van der Waals surface area contributed by atoms with E-state index in [1.807, 2.05) is 0 Å². The quantitative estimate of drug-likeness (QED) is 0.0169. The molecule has 0 fully saturated rings. The Morgan fingerprint density at radius 1 is 0.274 bits per heavy atom. The molecule has 0 aromatic carbocycles. The third kappa shape index (κ3) is 76.9. The van der Waals surface area contributed by atoms with Gasteiger partial charge in [0.2, 0.25) is 0 Å². The van der Waals surface area contributed by atoms with Crippen molar-refractivity contribution in [2.75, 3.05) is 39.6 Å². The van der Waals surface area contributed by atoms with Crippen LogP contribution in [-0.4, -0.2) is 96.7 Å². The molecule has 0 aromatic rings. The van der Waals surface area contributed by atoms with Crippen LogP contribution in [0.15, 0.2) is 158 Å². The van der Waals surface area contributed by atoms with Crippen LogP contribution in [0.2, 0.25) is 0 Å². The van der Waals surface area contributed by atoms with Crippen LogP contribution < -0.4 is 0 Å². The molecule has 5 atom stereocenters. The normalized spacial score (nSPS) is 14.7. The molecule has 0 aliphatic rings. The summed E-state index contributed by atoms with van der Waals surface area (Å²) in [6.45, 7) is 4.45. The van der Waals surface area contributed by atoms with E-state index in [-0.39, 0.29) is 25.7 Å². The van der Waals surface area contributed by atoms with Crippen LogP contribution in [0.5, 0.6) is 0 Å². The highest BCUT2D eigenvalue weighted by Gasteiger charge is 2.30. The zero-order valence-electron chi connectivity index (χ0n) is 66.1. The molecule has 0 spiro atoms. The third-order valence-corrected chi connectivity index (χ3v) is 18.4. The Kier molecular flexibility index (Phi) is 73.9. The third-order valence-electron chi connectivity index (χ3n) is 16.5. The Labute approximate surface area is 642 Å². The van der Waals surface area contributed by atoms with E-state index in [9.17, 15) is 43.2 Å². The second-order valence-electron chi connectivity index (χ2n) is 26.6. The summed E-state index contributed by atoms with van der Waals surface area (Å²) in [7, 11) is -9.99. The van der Waals surface area contributed by atoms with Crippen LogP contribution in [0.1, 0.15) is 310 Å². The van der Waals surface area contributed by atoms with Crippen LogP contribution in [0.4, 0.5) is 0 Å². The number of hydrogen-bond acceptors (Lipinski definition) is 15. The molecule has 3 N–H and O–H groups in total. The van der Waals surface area contributed by atoms with E-state index in [1.54, 1.807) is 0 Å². The molecule has 0 radical (unpaired) electrons. The highest BCUT2D eigenvalue weighted by Crippen LogP contribution is 2.45. The summed E-state index contributed by atoms with van der Waals surface area (Å²) in [5.41, 5.74) is 0. The molecular formula is C87H144O17P2. The number of hydrogen-bond donors (Lipinski definition) is 3. The van der Waals surface area contributed by atoms with Crippen molar-refractivity contribution in [3.05, 3.63) is 158 Å². The van der Waals surface area contributed by atoms with Crippen LogP contribution in [0, 0.1) is 0 Å². The fraction of sp³-hybridized carbons (Fsp3) is 0.655. The molecular weight excluding hydrogens is 1380 g/mol. The Bertz CT molecular complexity index is 2630. The SMILES string of the molecule is CC/C=C\C/C=C\C/C=C\C/C=C\C/C=C\CCCCCC(=O)OCC(COP(=O)(O)OCC(O)COP(=O)(O)OCC(COC(=O)CCCCCC/C=C\C/C=C\C/C=C\C/C=C\CC)OC(=O)CCCCCC/C=C\C/C=C\C/C=C\C/C=C\CC)OC(=O)CCCCCCCCCCCCCCC. The largest absolute Gasteiger partial charge is 0.472 e. The van der Waals surface area contributed by atoms with Crippen LogP contribution in [0.3, 0.4) is 0 Å². The van der Waals surface area contributed by atoms with E-state index in [0.717, 1.165) is 180 Å². The van der Waals surface area contributed by atoms with Gasteiger partial charge in [0.1, 0.15) is 19.3 Å². The van der Waals surface area contributed by atoms with Crippen LogP contribution in [0.25, 0.3) is 0 Å². The van der Waals surface area contributed by atoms with Crippen molar-refractivity contribution in [1.82, 2.24) is 0 Å². The van der Waals surface area contributed by atoms with Gasteiger partial charge in [-0.2, -0.15) is 0 Å². The maximum atomic E-state index is 13.1. The lowest BCUT2D eigenvalue weighted by molar-refractivity contribution is -0.161. The van der Waals surface area contributed by atoms with E-state index >= 15 is 0 Å². The number of rotatable bonds is 75. The number of ether oxygens (including phenoxy) is 4. The fourth-order valence-corrected chi connectivity index (χ4v) is 12.0. The van der Waals surface area contributed by atoms with Crippen molar-refractivity contribution in [1.29, 1.82) is 0 Å². The van der Waals surface area contributed by atoms with Crippen LogP contribution >= 0.6 is 15.6 Å². The first-order valence-electron chi connectivity index (χ1n) is 40.7. The first-order chi connectivity index (χ1) is 51.7. The molecule has 0 aliphatic carbocycles. The van der Waals surface area contributed by atoms with Gasteiger partial charge in [-0.3, -0.25) is 37.3 Å². The first-order valence-corrected chi connectivity index (χ1v) is 43.7. The topological polar surface area (TPSA) is 237 Å². The fourth-order valence-electron chi connectivity index (χ4n) is 10.4. The van der Waals surface area contributed by atoms with E-state index in [4.69, 9.17) is 37.0 Å². The van der Waals surface area contributed by atoms with Crippen molar-refractivity contribution >= 4 is 39.5 Å². The average molecular weight is 1520 g/mol. The number of aliphatic hydroxyl groups is 1. The predicted molar refractivity (Wildman–Crippen MR) is 436 cm³/mol. The lowest BCUT2D eigenvalue weighted by atomic mass is 10.0. The molecule has 19 heteroatoms. The summed E-state index contributed by atoms with van der Waals surface area (Å²) in [6.07, 6.45) is 90.7. The van der Waals surface area contributed by atoms with E-state index in [2.05, 4.69) is 186 Å². The molecule has 0 rings (SSSR count). The van der Waals surface area contributed by atoms with Gasteiger partial charge in [0.25, 0.3) is 0 Å². The predicted octanol–water partition coefficient (Wildman–Crippen LogP) is 24.0. The zero-order valence-corrected chi connectivity index (χ0v) is 67.8. The molecule has 0 saturated carbocycles. The highest BCUT2D eigenvalue weighted by molar-refractivity contribution is 7.47. The van der Waals surface area contributed by atoms with Gasteiger partial charge in [0, 0.05) is 25.7 Å². The summed E-state index contributed by atoms with van der Waals surface area (Å²) >= 11 is 0. The molecule has 0 saturated heterocycles. The maximum Gasteiger partial charge on any atom is 0.472 e. The van der Waals surface area contributed by atoms with E-state index in [0.29, 0.717) is 25.7 Å². The van der Waals surface area contributed by atoms with Gasteiger partial charge < -0.3 is 33.8 Å². The second-order valence-corrected chi connectivity index (χ2v) is 29.5. The van der Waals surface area contributed by atoms with Crippen molar-refractivity contribution in [3.63, 3.8) is 0 Å². The number of phosphoric ester groups is 2. The minimum Gasteiger partial charge on any atom is -0.462 e. The standard InChI is InChI=1S/C87H144O17P2/c1-5-9-13-17-21-25-29-33-36-39-40-43-45-49-52-56-60-64-68-72-85(90)97-77-82(103-86(91)73-69-65-61-57-53-47-32-28-24-20-16-12-8-4)79-101-105(93,94)99-75-81(88)76-100-106(95,96)102-80-83(104-87(92)74-70-66-62-58-54-50-46-42-38-35-31-27-23-19-15-11-7-3)78-98-84(89)71-67-63-59-55-51-48-44-41-37-34-30-26-22-18-14-10-6-2/h9-11,13-15,21-23,25-27,33-38,40,43-44,46,48-50,52,81-83,88H,5-8,12,16-20,24,28-32,39,41-42,45,47,51,53-80H2,1-4H3,(H,93,94)(H,95,96)/b13-9-,14-10-,15-11-,25-21-,26-22-,27-23-,36-33-,37-34-,38-35-,43-40-,48-44-,50-46-,52-49-. The number of carbonyl (C=O) groups is 4. The minimum atomic E-state index is -5.00. The van der Waals surface area contributed by atoms with Crippen molar-refractivity contribution < 1.29 is 80.2 Å². The number of aliphatic hydroxyl groups excluding tert-OH is 1. The monoisotopic (exact) mass is 1520 g/mol. The van der Waals surface area contributed by atoms with Gasteiger partial charge in [0.05, 0.1) is 26.4 Å². The maximum absolute atomic E-state index is 13.1. The molecule has 604 valence electrons. The number of carbonyl (C=O) groups excluding carboxylic acids is 4. The molecule has 17 nitrogen and oxygen atoms in total. The zero-order chi connectivity index (χ0) is 77.4. The molecule has 106 heavy (non-hydrogen) atoms. The number of allylic oxidation sites excluding steroid dienone is 26. The lowest BCUT2D eigenvalue weighted by Crippen LogP contribution is -2.30. The molecule has 0 amide bonds. The van der Waals surface area contributed by atoms with E-state index < -0.39 is 97.5 Å². The van der Waals surface area contributed by atoms with Gasteiger partial charge in [-0.25, -0.2) is 9.13 Å². The molecule has 0 bridgehead atoms. The van der Waals surface area contributed by atoms with E-state index in [1.165, 1.54) is 51.4 Å². The summed E-state index contributed by atoms with van der Waals surface area (Å²) in [5.74, 6) is -2.27.